The van der Waals surface area contributed by atoms with Gasteiger partial charge in [0.1, 0.15) is 29.7 Å². The molecular weight excluding hydrogens is 549 g/mol. The Kier molecular flexibility index (Phi) is 6.88. The second-order valence-electron chi connectivity index (χ2n) is 10.0. The van der Waals surface area contributed by atoms with Crippen LogP contribution < -0.4 is 10.1 Å². The lowest BCUT2D eigenvalue weighted by atomic mass is 9.77. The first-order valence-corrected chi connectivity index (χ1v) is 13.1. The molecule has 3 aromatic carbocycles. The van der Waals surface area contributed by atoms with E-state index < -0.39 is 36.1 Å². The molecule has 1 fully saturated rings. The normalized spacial score (nSPS) is 21.9. The van der Waals surface area contributed by atoms with E-state index in [0.29, 0.717) is 11.3 Å². The Bertz CT molecular complexity index is 1650. The molecule has 3 heterocycles. The van der Waals surface area contributed by atoms with Gasteiger partial charge in [0.15, 0.2) is 18.0 Å². The molecule has 5 aromatic rings. The van der Waals surface area contributed by atoms with E-state index in [9.17, 15) is 14.6 Å². The van der Waals surface area contributed by atoms with Crippen molar-refractivity contribution in [1.82, 2.24) is 14.6 Å². The van der Waals surface area contributed by atoms with Crippen molar-refractivity contribution < 1.29 is 32.9 Å². The Balaban J connectivity index is 1.54. The van der Waals surface area contributed by atoms with E-state index in [0.717, 1.165) is 16.7 Å². The molecule has 8 nitrogen and oxygen atoms in total. The number of hydrogen-bond acceptors (Lipinski definition) is 7. The van der Waals surface area contributed by atoms with E-state index in [-0.39, 0.29) is 11.5 Å². The molecule has 0 spiro atoms. The highest BCUT2D eigenvalue weighted by Gasteiger charge is 2.68. The fraction of sp³-hybridized carbons (Fsp3) is 0.226. The minimum absolute atomic E-state index is 0.220. The summed E-state index contributed by atoms with van der Waals surface area (Å²) in [6.45, 7) is -1.44. The zero-order valence-corrected chi connectivity index (χ0v) is 22.4. The minimum Gasteiger partial charge on any atom is -0.497 e. The molecule has 216 valence electrons. The van der Waals surface area contributed by atoms with Crippen LogP contribution in [0.15, 0.2) is 103 Å². The van der Waals surface area contributed by atoms with Gasteiger partial charge < -0.3 is 25.0 Å². The third-order valence-corrected chi connectivity index (χ3v) is 7.64. The number of hydrogen-bond donors (Lipinski definition) is 3. The van der Waals surface area contributed by atoms with Gasteiger partial charge in [-0.05, 0) is 41.0 Å². The first-order valence-electron chi connectivity index (χ1n) is 13.1. The summed E-state index contributed by atoms with van der Waals surface area (Å²) in [6, 6.07) is 29.7. The summed E-state index contributed by atoms with van der Waals surface area (Å²) in [5.41, 5.74) is 1.62. The average molecular weight is 577 g/mol. The Morgan fingerprint density at radius 2 is 1.50 bits per heavy atom. The number of methoxy groups -OCH3 is 1. The number of halogens is 3. The molecule has 0 aliphatic carbocycles. The minimum atomic E-state index is -4.05. The van der Waals surface area contributed by atoms with Crippen LogP contribution in [0.4, 0.5) is 19.0 Å². The zero-order valence-electron chi connectivity index (χ0n) is 22.4. The molecule has 0 unspecified atom stereocenters. The second-order valence-corrected chi connectivity index (χ2v) is 10.0. The van der Waals surface area contributed by atoms with Gasteiger partial charge >= 0.3 is 5.92 Å². The van der Waals surface area contributed by atoms with Crippen LogP contribution in [0.2, 0.25) is 0 Å². The van der Waals surface area contributed by atoms with Gasteiger partial charge in [0.25, 0.3) is 5.85 Å². The van der Waals surface area contributed by atoms with Crippen molar-refractivity contribution in [2.24, 2.45) is 0 Å². The first kappa shape index (κ1) is 27.7. The van der Waals surface area contributed by atoms with Crippen molar-refractivity contribution in [3.8, 4) is 5.75 Å². The standard InChI is InChI=1S/C31H27F3N4O4/c1-41-23-14-12-22(13-15-23)30(20-8-4-2-5-9-20,21-10-6-3-7-11-21)37-27-25-17-16-24(38(25)36-19-35-27)26-31(33,34)28(40)29(32,18-39)42-26/h2-17,19,26,28,39-40H,18H2,1H3,(H,35,36,37)/t26-,28+,29+/m0/s1. The molecule has 1 saturated heterocycles. The molecule has 0 saturated carbocycles. The second kappa shape index (κ2) is 10.4. The van der Waals surface area contributed by atoms with Crippen molar-refractivity contribution in [3.05, 3.63) is 126 Å². The van der Waals surface area contributed by atoms with E-state index in [1.807, 2.05) is 84.9 Å². The molecular formula is C31H27F3N4O4. The molecule has 42 heavy (non-hydrogen) atoms. The lowest BCUT2D eigenvalue weighted by molar-refractivity contribution is -0.198. The Morgan fingerprint density at radius 1 is 0.905 bits per heavy atom. The smallest absolute Gasteiger partial charge is 0.310 e. The third-order valence-electron chi connectivity index (χ3n) is 7.64. The number of alkyl halides is 3. The molecule has 1 aliphatic rings. The van der Waals surface area contributed by atoms with Gasteiger partial charge in [0, 0.05) is 0 Å². The molecule has 0 radical (unpaired) electrons. The van der Waals surface area contributed by atoms with Crippen LogP contribution >= 0.6 is 0 Å². The number of aromatic nitrogens is 3. The van der Waals surface area contributed by atoms with Crippen LogP contribution in [0.25, 0.3) is 5.52 Å². The number of aliphatic hydroxyl groups excluding tert-OH is 2. The lowest BCUT2D eigenvalue weighted by Gasteiger charge is -2.37. The number of nitrogens with one attached hydrogen (secondary N) is 1. The fourth-order valence-corrected chi connectivity index (χ4v) is 5.51. The number of fused-ring (bicyclic) bond motifs is 1. The SMILES string of the molecule is COc1ccc(C(Nc2ncnn3c([C@@H]4O[C@](F)(CO)[C@@H](O)C4(F)F)ccc23)(c2ccccc2)c2ccccc2)cc1. The van der Waals surface area contributed by atoms with Crippen molar-refractivity contribution in [2.75, 3.05) is 19.0 Å². The summed E-state index contributed by atoms with van der Waals surface area (Å²) in [5.74, 6) is -6.43. The summed E-state index contributed by atoms with van der Waals surface area (Å²) < 4.78 is 56.4. The molecule has 3 atom stereocenters. The topological polar surface area (TPSA) is 101 Å². The Hall–Kier alpha value is -4.45. The predicted molar refractivity (Wildman–Crippen MR) is 148 cm³/mol. The highest BCUT2D eigenvalue weighted by Crippen LogP contribution is 2.51. The summed E-state index contributed by atoms with van der Waals surface area (Å²) in [6.07, 6.45) is -3.90. The van der Waals surface area contributed by atoms with Crippen LogP contribution in [-0.2, 0) is 10.3 Å². The van der Waals surface area contributed by atoms with Gasteiger partial charge in [0.2, 0.25) is 0 Å². The monoisotopic (exact) mass is 576 g/mol. The van der Waals surface area contributed by atoms with E-state index in [1.54, 1.807) is 7.11 Å². The number of aliphatic hydroxyl groups is 2. The van der Waals surface area contributed by atoms with Gasteiger partial charge in [-0.3, -0.25) is 0 Å². The van der Waals surface area contributed by atoms with Gasteiger partial charge in [0.05, 0.1) is 12.8 Å². The molecule has 6 rings (SSSR count). The van der Waals surface area contributed by atoms with Crippen molar-refractivity contribution in [1.29, 1.82) is 0 Å². The third kappa shape index (κ3) is 4.28. The highest BCUT2D eigenvalue weighted by molar-refractivity contribution is 5.72. The largest absolute Gasteiger partial charge is 0.497 e. The van der Waals surface area contributed by atoms with Crippen LogP contribution in [0.3, 0.4) is 0 Å². The van der Waals surface area contributed by atoms with Crippen LogP contribution in [0.1, 0.15) is 28.5 Å². The maximum Gasteiger partial charge on any atom is 0.310 e. The first-order chi connectivity index (χ1) is 20.2. The van der Waals surface area contributed by atoms with Gasteiger partial charge in [-0.15, -0.1) is 0 Å². The summed E-state index contributed by atoms with van der Waals surface area (Å²) in [7, 11) is 1.58. The van der Waals surface area contributed by atoms with Crippen molar-refractivity contribution >= 4 is 11.3 Å². The Labute approximate surface area is 239 Å². The van der Waals surface area contributed by atoms with E-state index in [2.05, 4.69) is 15.4 Å². The molecule has 11 heteroatoms. The fourth-order valence-electron chi connectivity index (χ4n) is 5.51. The van der Waals surface area contributed by atoms with Gasteiger partial charge in [-0.25, -0.2) is 22.7 Å². The van der Waals surface area contributed by atoms with E-state index >= 15 is 8.78 Å². The van der Waals surface area contributed by atoms with Crippen LogP contribution in [0.5, 0.6) is 5.75 Å². The number of nitrogens with zero attached hydrogens (tertiary/aromatic N) is 3. The molecule has 3 N–H and O–H groups in total. The van der Waals surface area contributed by atoms with E-state index in [4.69, 9.17) is 9.47 Å². The number of benzene rings is 3. The lowest BCUT2D eigenvalue weighted by Crippen LogP contribution is -2.45. The Morgan fingerprint density at radius 3 is 2.05 bits per heavy atom. The summed E-state index contributed by atoms with van der Waals surface area (Å²) >= 11 is 0. The number of anilines is 1. The molecule has 1 aliphatic heterocycles. The molecule has 0 bridgehead atoms. The van der Waals surface area contributed by atoms with E-state index in [1.165, 1.54) is 23.0 Å². The maximum atomic E-state index is 15.1. The average Bonchev–Trinajstić information content (AvgIpc) is 3.54. The quantitative estimate of drug-likeness (QED) is 0.227. The molecule has 2 aromatic heterocycles. The van der Waals surface area contributed by atoms with Crippen LogP contribution in [-0.4, -0.2) is 56.4 Å². The maximum absolute atomic E-state index is 15.1. The predicted octanol–water partition coefficient (Wildman–Crippen LogP) is 4.87. The van der Waals surface area contributed by atoms with Crippen LogP contribution in [0, 0.1) is 0 Å². The molecule has 0 amide bonds. The van der Waals surface area contributed by atoms with Crippen molar-refractivity contribution in [2.45, 2.75) is 29.5 Å². The summed E-state index contributed by atoms with van der Waals surface area (Å²) in [4.78, 5) is 4.48. The zero-order chi connectivity index (χ0) is 29.5. The highest BCUT2D eigenvalue weighted by atomic mass is 19.3. The summed E-state index contributed by atoms with van der Waals surface area (Å²) in [5, 5.41) is 27.0. The number of ether oxygens (including phenoxy) is 2. The van der Waals surface area contributed by atoms with Gasteiger partial charge in [-0.1, -0.05) is 72.8 Å². The van der Waals surface area contributed by atoms with Gasteiger partial charge in [-0.2, -0.15) is 5.10 Å². The number of rotatable bonds is 8. The van der Waals surface area contributed by atoms with Crippen molar-refractivity contribution in [3.63, 3.8) is 0 Å².